The molecule has 2 rings (SSSR count). The number of rotatable bonds is 6. The van der Waals surface area contributed by atoms with E-state index in [9.17, 15) is 4.79 Å². The van der Waals surface area contributed by atoms with E-state index in [1.807, 2.05) is 37.4 Å². The molecule has 0 bridgehead atoms. The molecule has 0 aliphatic heterocycles. The van der Waals surface area contributed by atoms with Gasteiger partial charge in [-0.05, 0) is 24.5 Å². The minimum Gasteiger partial charge on any atom is -0.308 e. The summed E-state index contributed by atoms with van der Waals surface area (Å²) in [6.45, 7) is 6.21. The van der Waals surface area contributed by atoms with Crippen molar-refractivity contribution < 1.29 is 4.79 Å². The molecule has 0 spiro atoms. The summed E-state index contributed by atoms with van der Waals surface area (Å²) in [6.07, 6.45) is 0. The van der Waals surface area contributed by atoms with Crippen LogP contribution in [0.4, 0.5) is 5.82 Å². The van der Waals surface area contributed by atoms with Crippen LogP contribution in [-0.4, -0.2) is 40.6 Å². The highest BCUT2D eigenvalue weighted by Gasteiger charge is 2.10. The molecule has 0 radical (unpaired) electrons. The van der Waals surface area contributed by atoms with Gasteiger partial charge in [-0.1, -0.05) is 19.9 Å². The van der Waals surface area contributed by atoms with E-state index in [-0.39, 0.29) is 5.91 Å². The van der Waals surface area contributed by atoms with E-state index >= 15 is 0 Å². The standard InChI is InChI=1S/C13H18N4OS/c1-3-17(4-2)9-13(18)14-12-8-10(15-16-12)11-6-5-7-19-11/h5-8H,3-4,9H2,1-2H3,(H2,14,15,16,18). The molecule has 0 aliphatic carbocycles. The number of anilines is 1. The van der Waals surface area contributed by atoms with Gasteiger partial charge in [0, 0.05) is 6.07 Å². The monoisotopic (exact) mass is 278 g/mol. The molecule has 19 heavy (non-hydrogen) atoms. The highest BCUT2D eigenvalue weighted by atomic mass is 32.1. The fourth-order valence-corrected chi connectivity index (χ4v) is 2.47. The van der Waals surface area contributed by atoms with Crippen molar-refractivity contribution in [2.75, 3.05) is 25.0 Å². The molecule has 102 valence electrons. The van der Waals surface area contributed by atoms with Crippen molar-refractivity contribution in [3.8, 4) is 10.6 Å². The first-order valence-electron chi connectivity index (χ1n) is 6.34. The van der Waals surface area contributed by atoms with Gasteiger partial charge in [0.15, 0.2) is 5.82 Å². The molecule has 2 aromatic rings. The van der Waals surface area contributed by atoms with Gasteiger partial charge in [-0.2, -0.15) is 5.10 Å². The van der Waals surface area contributed by atoms with Gasteiger partial charge in [0.25, 0.3) is 0 Å². The van der Waals surface area contributed by atoms with Crippen molar-refractivity contribution in [3.63, 3.8) is 0 Å². The van der Waals surface area contributed by atoms with Gasteiger partial charge in [0.2, 0.25) is 5.91 Å². The molecule has 6 heteroatoms. The molecule has 0 saturated heterocycles. The lowest BCUT2D eigenvalue weighted by atomic mass is 10.3. The molecule has 2 aromatic heterocycles. The zero-order valence-corrected chi connectivity index (χ0v) is 12.0. The van der Waals surface area contributed by atoms with Crippen LogP contribution in [-0.2, 0) is 4.79 Å². The largest absolute Gasteiger partial charge is 0.308 e. The fourth-order valence-electron chi connectivity index (χ4n) is 1.78. The van der Waals surface area contributed by atoms with Gasteiger partial charge >= 0.3 is 0 Å². The lowest BCUT2D eigenvalue weighted by Gasteiger charge is -2.16. The smallest absolute Gasteiger partial charge is 0.239 e. The Balaban J connectivity index is 1.95. The lowest BCUT2D eigenvalue weighted by molar-refractivity contribution is -0.117. The van der Waals surface area contributed by atoms with Crippen molar-refractivity contribution in [1.29, 1.82) is 0 Å². The van der Waals surface area contributed by atoms with Gasteiger partial charge in [0.1, 0.15) is 0 Å². The number of carbonyl (C=O) groups is 1. The number of likely N-dealkylation sites (N-methyl/N-ethyl adjacent to an activating group) is 1. The van der Waals surface area contributed by atoms with Crippen LogP contribution in [0.5, 0.6) is 0 Å². The van der Waals surface area contributed by atoms with Crippen molar-refractivity contribution >= 4 is 23.1 Å². The number of amides is 1. The van der Waals surface area contributed by atoms with Gasteiger partial charge < -0.3 is 5.32 Å². The number of H-pyrrole nitrogens is 1. The number of nitrogens with one attached hydrogen (secondary N) is 2. The quantitative estimate of drug-likeness (QED) is 0.853. The van der Waals surface area contributed by atoms with Gasteiger partial charge in [0.05, 0.1) is 17.1 Å². The minimum atomic E-state index is -0.0343. The zero-order valence-electron chi connectivity index (χ0n) is 11.1. The Bertz CT molecular complexity index is 516. The van der Waals surface area contributed by atoms with Crippen LogP contribution in [0.25, 0.3) is 10.6 Å². The van der Waals surface area contributed by atoms with Gasteiger partial charge in [-0.15, -0.1) is 11.3 Å². The van der Waals surface area contributed by atoms with Crippen molar-refractivity contribution in [3.05, 3.63) is 23.6 Å². The Hall–Kier alpha value is -1.66. The third kappa shape index (κ3) is 3.65. The summed E-state index contributed by atoms with van der Waals surface area (Å²) in [6, 6.07) is 5.85. The maximum absolute atomic E-state index is 11.8. The summed E-state index contributed by atoms with van der Waals surface area (Å²) in [7, 11) is 0. The number of aromatic amines is 1. The molecule has 2 N–H and O–H groups in total. The molecular formula is C13H18N4OS. The predicted molar refractivity (Wildman–Crippen MR) is 78.3 cm³/mol. The molecule has 2 heterocycles. The highest BCUT2D eigenvalue weighted by molar-refractivity contribution is 7.13. The highest BCUT2D eigenvalue weighted by Crippen LogP contribution is 2.24. The van der Waals surface area contributed by atoms with E-state index in [1.54, 1.807) is 11.3 Å². The van der Waals surface area contributed by atoms with Crippen LogP contribution >= 0.6 is 11.3 Å². The summed E-state index contributed by atoms with van der Waals surface area (Å²) >= 11 is 1.63. The van der Waals surface area contributed by atoms with E-state index < -0.39 is 0 Å². The average Bonchev–Trinajstić information content (AvgIpc) is 3.06. The van der Waals surface area contributed by atoms with Crippen molar-refractivity contribution in [2.45, 2.75) is 13.8 Å². The Morgan fingerprint density at radius 2 is 2.26 bits per heavy atom. The molecule has 5 nitrogen and oxygen atoms in total. The van der Waals surface area contributed by atoms with E-state index in [0.29, 0.717) is 12.4 Å². The molecule has 0 aliphatic rings. The Morgan fingerprint density at radius 3 is 2.89 bits per heavy atom. The van der Waals surface area contributed by atoms with E-state index in [2.05, 4.69) is 20.4 Å². The average molecular weight is 278 g/mol. The third-order valence-corrected chi connectivity index (χ3v) is 3.80. The van der Waals surface area contributed by atoms with Crippen LogP contribution in [0.1, 0.15) is 13.8 Å². The zero-order chi connectivity index (χ0) is 13.7. The van der Waals surface area contributed by atoms with Crippen molar-refractivity contribution in [1.82, 2.24) is 15.1 Å². The molecule has 1 amide bonds. The topological polar surface area (TPSA) is 61.0 Å². The number of hydrogen-bond donors (Lipinski definition) is 2. The Kier molecular flexibility index (Phi) is 4.70. The SMILES string of the molecule is CCN(CC)CC(=O)Nc1cc(-c2cccs2)[nH]n1. The minimum absolute atomic E-state index is 0.0343. The molecule has 0 atom stereocenters. The first-order valence-corrected chi connectivity index (χ1v) is 7.22. The molecule has 0 aromatic carbocycles. The summed E-state index contributed by atoms with van der Waals surface area (Å²) in [5.74, 6) is 0.536. The second-order valence-electron chi connectivity index (χ2n) is 4.15. The number of thiophene rings is 1. The van der Waals surface area contributed by atoms with E-state index in [0.717, 1.165) is 23.7 Å². The number of aromatic nitrogens is 2. The predicted octanol–water partition coefficient (Wildman–Crippen LogP) is 2.42. The molecular weight excluding hydrogens is 260 g/mol. The van der Waals surface area contributed by atoms with Crippen LogP contribution in [0.2, 0.25) is 0 Å². The Labute approximate surface area is 116 Å². The summed E-state index contributed by atoms with van der Waals surface area (Å²) < 4.78 is 0. The van der Waals surface area contributed by atoms with E-state index in [4.69, 9.17) is 0 Å². The number of nitrogens with zero attached hydrogens (tertiary/aromatic N) is 2. The van der Waals surface area contributed by atoms with Crippen LogP contribution < -0.4 is 5.32 Å². The number of carbonyl (C=O) groups excluding carboxylic acids is 1. The van der Waals surface area contributed by atoms with Gasteiger partial charge in [-0.25, -0.2) is 0 Å². The van der Waals surface area contributed by atoms with Crippen LogP contribution in [0.15, 0.2) is 23.6 Å². The molecule has 0 fully saturated rings. The van der Waals surface area contributed by atoms with Crippen LogP contribution in [0.3, 0.4) is 0 Å². The number of hydrogen-bond acceptors (Lipinski definition) is 4. The first kappa shape index (κ1) is 13.8. The third-order valence-electron chi connectivity index (χ3n) is 2.89. The maximum Gasteiger partial charge on any atom is 0.239 e. The van der Waals surface area contributed by atoms with Crippen LogP contribution in [0, 0.1) is 0 Å². The molecule has 0 unspecified atom stereocenters. The summed E-state index contributed by atoms with van der Waals surface area (Å²) in [4.78, 5) is 15.0. The summed E-state index contributed by atoms with van der Waals surface area (Å²) in [5, 5.41) is 11.8. The second-order valence-corrected chi connectivity index (χ2v) is 5.10. The Morgan fingerprint density at radius 1 is 1.47 bits per heavy atom. The van der Waals surface area contributed by atoms with E-state index in [1.165, 1.54) is 0 Å². The fraction of sp³-hybridized carbons (Fsp3) is 0.385. The second kappa shape index (κ2) is 6.49. The van der Waals surface area contributed by atoms with Gasteiger partial charge in [-0.3, -0.25) is 14.8 Å². The maximum atomic E-state index is 11.8. The summed E-state index contributed by atoms with van der Waals surface area (Å²) in [5.41, 5.74) is 0.924. The molecule has 0 saturated carbocycles. The van der Waals surface area contributed by atoms with Crippen molar-refractivity contribution in [2.24, 2.45) is 0 Å². The first-order chi connectivity index (χ1) is 9.22. The normalized spacial score (nSPS) is 10.9. The lowest BCUT2D eigenvalue weighted by Crippen LogP contribution is -2.32.